The molecule has 0 radical (unpaired) electrons. The molecule has 0 fully saturated rings. The third kappa shape index (κ3) is 4.23. The molecule has 0 spiro atoms. The number of rotatable bonds is 4. The SMILES string of the molecule is CC(C)C(C=Cc1ccccc1C(C)(C)C)C(=O)O. The van der Waals surface area contributed by atoms with Crippen LogP contribution in [0.15, 0.2) is 30.3 Å². The summed E-state index contributed by atoms with van der Waals surface area (Å²) in [6, 6.07) is 8.15. The first-order valence-electron chi connectivity index (χ1n) is 6.74. The molecule has 104 valence electrons. The molecule has 0 aliphatic heterocycles. The molecule has 0 heterocycles. The fourth-order valence-electron chi connectivity index (χ4n) is 2.12. The zero-order valence-corrected chi connectivity index (χ0v) is 12.5. The standard InChI is InChI=1S/C17H24O2/c1-12(2)14(16(18)19)11-10-13-8-6-7-9-15(13)17(3,4)5/h6-12,14H,1-5H3,(H,18,19). The van der Waals surface area contributed by atoms with Crippen molar-refractivity contribution >= 4 is 12.0 Å². The van der Waals surface area contributed by atoms with Gasteiger partial charge in [-0.25, -0.2) is 0 Å². The summed E-state index contributed by atoms with van der Waals surface area (Å²) in [4.78, 5) is 11.2. The molecule has 0 saturated carbocycles. The van der Waals surface area contributed by atoms with Gasteiger partial charge in [0, 0.05) is 0 Å². The van der Waals surface area contributed by atoms with E-state index in [0.29, 0.717) is 0 Å². The number of carboxylic acids is 1. The zero-order valence-electron chi connectivity index (χ0n) is 12.5. The summed E-state index contributed by atoms with van der Waals surface area (Å²) in [6.07, 6.45) is 3.75. The van der Waals surface area contributed by atoms with Crippen molar-refractivity contribution in [1.29, 1.82) is 0 Å². The quantitative estimate of drug-likeness (QED) is 0.873. The Kier molecular flexibility index (Phi) is 4.93. The fraction of sp³-hybridized carbons (Fsp3) is 0.471. The molecule has 1 N–H and O–H groups in total. The molecule has 0 amide bonds. The van der Waals surface area contributed by atoms with E-state index in [-0.39, 0.29) is 11.3 Å². The van der Waals surface area contributed by atoms with Crippen LogP contribution in [0.2, 0.25) is 0 Å². The molecule has 0 saturated heterocycles. The minimum Gasteiger partial charge on any atom is -0.481 e. The summed E-state index contributed by atoms with van der Waals surface area (Å²) in [5.74, 6) is -1.11. The van der Waals surface area contributed by atoms with Crippen LogP contribution >= 0.6 is 0 Å². The van der Waals surface area contributed by atoms with Gasteiger partial charge in [0.25, 0.3) is 0 Å². The lowest BCUT2D eigenvalue weighted by Gasteiger charge is -2.21. The smallest absolute Gasteiger partial charge is 0.310 e. The second kappa shape index (κ2) is 6.05. The maximum absolute atomic E-state index is 11.2. The van der Waals surface area contributed by atoms with Crippen molar-refractivity contribution in [3.63, 3.8) is 0 Å². The van der Waals surface area contributed by atoms with Crippen LogP contribution in [0, 0.1) is 11.8 Å². The molecule has 1 rings (SSSR count). The van der Waals surface area contributed by atoms with Crippen LogP contribution in [0.3, 0.4) is 0 Å². The van der Waals surface area contributed by atoms with E-state index in [2.05, 4.69) is 26.8 Å². The third-order valence-electron chi connectivity index (χ3n) is 3.26. The average molecular weight is 260 g/mol. The molecular weight excluding hydrogens is 236 g/mol. The molecule has 0 aliphatic carbocycles. The zero-order chi connectivity index (χ0) is 14.6. The minimum absolute atomic E-state index is 0.0531. The van der Waals surface area contributed by atoms with Crippen molar-refractivity contribution in [3.05, 3.63) is 41.5 Å². The van der Waals surface area contributed by atoms with Gasteiger partial charge in [0.05, 0.1) is 5.92 Å². The van der Waals surface area contributed by atoms with Crippen LogP contribution < -0.4 is 0 Å². The molecular formula is C17H24O2. The van der Waals surface area contributed by atoms with Gasteiger partial charge in [-0.3, -0.25) is 4.79 Å². The first-order valence-corrected chi connectivity index (χ1v) is 6.74. The Bertz CT molecular complexity index is 464. The van der Waals surface area contributed by atoms with Crippen LogP contribution in [-0.4, -0.2) is 11.1 Å². The lowest BCUT2D eigenvalue weighted by molar-refractivity contribution is -0.141. The summed E-state index contributed by atoms with van der Waals surface area (Å²) in [7, 11) is 0. The van der Waals surface area contributed by atoms with E-state index in [4.69, 9.17) is 0 Å². The number of carbonyl (C=O) groups is 1. The lowest BCUT2D eigenvalue weighted by Crippen LogP contribution is -2.17. The molecule has 1 atom stereocenters. The van der Waals surface area contributed by atoms with E-state index >= 15 is 0 Å². The van der Waals surface area contributed by atoms with Crippen LogP contribution in [0.25, 0.3) is 6.08 Å². The van der Waals surface area contributed by atoms with E-state index in [0.717, 1.165) is 5.56 Å². The summed E-state index contributed by atoms with van der Waals surface area (Å²) in [5.41, 5.74) is 2.39. The Labute approximate surface area is 116 Å². The second-order valence-electron chi connectivity index (χ2n) is 6.30. The van der Waals surface area contributed by atoms with Gasteiger partial charge in [0.1, 0.15) is 0 Å². The summed E-state index contributed by atoms with van der Waals surface area (Å²) < 4.78 is 0. The van der Waals surface area contributed by atoms with Gasteiger partial charge in [-0.2, -0.15) is 0 Å². The number of hydrogen-bond acceptors (Lipinski definition) is 1. The highest BCUT2D eigenvalue weighted by atomic mass is 16.4. The van der Waals surface area contributed by atoms with Gasteiger partial charge in [0.15, 0.2) is 0 Å². The third-order valence-corrected chi connectivity index (χ3v) is 3.26. The van der Waals surface area contributed by atoms with Crippen molar-refractivity contribution < 1.29 is 9.90 Å². The van der Waals surface area contributed by atoms with Gasteiger partial charge in [-0.05, 0) is 22.5 Å². The van der Waals surface area contributed by atoms with Crippen molar-refractivity contribution in [2.24, 2.45) is 11.8 Å². The van der Waals surface area contributed by atoms with Crippen LogP contribution in [0.5, 0.6) is 0 Å². The molecule has 1 unspecified atom stereocenters. The van der Waals surface area contributed by atoms with E-state index in [9.17, 15) is 9.90 Å². The molecule has 2 heteroatoms. The Balaban J connectivity index is 3.09. The van der Waals surface area contributed by atoms with Crippen molar-refractivity contribution in [2.45, 2.75) is 40.0 Å². The monoisotopic (exact) mass is 260 g/mol. The number of carboxylic acid groups (broad SMARTS) is 1. The molecule has 19 heavy (non-hydrogen) atoms. The highest BCUT2D eigenvalue weighted by Crippen LogP contribution is 2.27. The van der Waals surface area contributed by atoms with Gasteiger partial charge in [-0.1, -0.05) is 71.0 Å². The maximum atomic E-state index is 11.2. The van der Waals surface area contributed by atoms with Gasteiger partial charge >= 0.3 is 5.97 Å². The number of aliphatic carboxylic acids is 1. The molecule has 2 nitrogen and oxygen atoms in total. The Morgan fingerprint density at radius 1 is 1.21 bits per heavy atom. The Morgan fingerprint density at radius 2 is 1.79 bits per heavy atom. The van der Waals surface area contributed by atoms with Gasteiger partial charge in [-0.15, -0.1) is 0 Å². The molecule has 0 aromatic heterocycles. The van der Waals surface area contributed by atoms with E-state index < -0.39 is 11.9 Å². The second-order valence-corrected chi connectivity index (χ2v) is 6.30. The van der Waals surface area contributed by atoms with Gasteiger partial charge in [0.2, 0.25) is 0 Å². The van der Waals surface area contributed by atoms with E-state index in [1.165, 1.54) is 5.56 Å². The largest absolute Gasteiger partial charge is 0.481 e. The summed E-state index contributed by atoms with van der Waals surface area (Å²) in [5, 5.41) is 9.20. The van der Waals surface area contributed by atoms with Crippen molar-refractivity contribution in [2.75, 3.05) is 0 Å². The predicted molar refractivity (Wildman–Crippen MR) is 80.1 cm³/mol. The highest BCUT2D eigenvalue weighted by molar-refractivity contribution is 5.74. The molecule has 1 aromatic carbocycles. The highest BCUT2D eigenvalue weighted by Gasteiger charge is 2.19. The Hall–Kier alpha value is -1.57. The van der Waals surface area contributed by atoms with Crippen molar-refractivity contribution in [3.8, 4) is 0 Å². The average Bonchev–Trinajstić information content (AvgIpc) is 2.27. The minimum atomic E-state index is -0.764. The molecule has 0 bridgehead atoms. The van der Waals surface area contributed by atoms with E-state index in [1.807, 2.05) is 38.1 Å². The number of benzene rings is 1. The predicted octanol–water partition coefficient (Wildman–Crippen LogP) is 4.35. The normalized spacial score (nSPS) is 14.0. The summed E-state index contributed by atoms with van der Waals surface area (Å²) >= 11 is 0. The lowest BCUT2D eigenvalue weighted by atomic mass is 9.83. The van der Waals surface area contributed by atoms with E-state index in [1.54, 1.807) is 6.08 Å². The topological polar surface area (TPSA) is 37.3 Å². The van der Waals surface area contributed by atoms with Crippen LogP contribution in [0.4, 0.5) is 0 Å². The summed E-state index contributed by atoms with van der Waals surface area (Å²) in [6.45, 7) is 10.3. The van der Waals surface area contributed by atoms with Gasteiger partial charge < -0.3 is 5.11 Å². The molecule has 1 aromatic rings. The Morgan fingerprint density at radius 3 is 2.26 bits per heavy atom. The molecule has 0 aliphatic rings. The van der Waals surface area contributed by atoms with Crippen LogP contribution in [0.1, 0.15) is 45.7 Å². The maximum Gasteiger partial charge on any atom is 0.310 e. The fourth-order valence-corrected chi connectivity index (χ4v) is 2.12. The number of hydrogen-bond donors (Lipinski definition) is 1. The first-order chi connectivity index (χ1) is 8.73. The van der Waals surface area contributed by atoms with Crippen LogP contribution in [-0.2, 0) is 10.2 Å². The van der Waals surface area contributed by atoms with Crippen molar-refractivity contribution in [1.82, 2.24) is 0 Å². The first kappa shape index (κ1) is 15.5.